The zero-order valence-corrected chi connectivity index (χ0v) is 15.8. The van der Waals surface area contributed by atoms with Gasteiger partial charge in [0, 0.05) is 0 Å². The Kier molecular flexibility index (Phi) is 5.38. The molecule has 7 unspecified atom stereocenters. The van der Waals surface area contributed by atoms with Gasteiger partial charge in [-0.05, 0) is 62.2 Å². The molecule has 3 aliphatic carbocycles. The smallest absolute Gasteiger partial charge is 0.311 e. The van der Waals surface area contributed by atoms with Crippen LogP contribution in [0.25, 0.3) is 0 Å². The number of hydrogen-bond acceptors (Lipinski definition) is 4. The molecule has 4 aliphatic rings. The van der Waals surface area contributed by atoms with Crippen molar-refractivity contribution in [3.63, 3.8) is 0 Å². The molecule has 0 spiro atoms. The van der Waals surface area contributed by atoms with Gasteiger partial charge in [-0.1, -0.05) is 33.1 Å². The van der Waals surface area contributed by atoms with Crippen LogP contribution < -0.4 is 0 Å². The number of fused-ring (bicyclic) bond motifs is 5. The Morgan fingerprint density at radius 2 is 1.72 bits per heavy atom. The number of rotatable bonds is 6. The van der Waals surface area contributed by atoms with Gasteiger partial charge in [-0.3, -0.25) is 4.79 Å². The number of carbonyl (C=O) groups is 1. The molecule has 0 aromatic carbocycles. The van der Waals surface area contributed by atoms with E-state index in [9.17, 15) is 4.79 Å². The van der Waals surface area contributed by atoms with Crippen LogP contribution in [0.2, 0.25) is 0 Å². The fourth-order valence-corrected chi connectivity index (χ4v) is 6.47. The van der Waals surface area contributed by atoms with Gasteiger partial charge < -0.3 is 14.2 Å². The molecule has 7 atom stereocenters. The first-order valence-corrected chi connectivity index (χ1v) is 10.7. The SMILES string of the molecule is CCC1OC(CC)C2C3CC(CC3C(=O)OCOC3CCCCC3)C12. The molecule has 0 aromatic rings. The standard InChI is InChI=1S/C21H34O4/c1-3-17-19-13-10-15(20(19)18(4-2)25-17)16(11-13)21(22)24-12-23-14-8-6-5-7-9-14/h13-20H,3-12H2,1-2H3. The average Bonchev–Trinajstić information content (AvgIpc) is 3.32. The Balaban J connectivity index is 1.31. The van der Waals surface area contributed by atoms with E-state index >= 15 is 0 Å². The first-order valence-electron chi connectivity index (χ1n) is 10.7. The first-order chi connectivity index (χ1) is 12.2. The summed E-state index contributed by atoms with van der Waals surface area (Å²) >= 11 is 0. The van der Waals surface area contributed by atoms with Crippen molar-refractivity contribution < 1.29 is 19.0 Å². The Morgan fingerprint density at radius 1 is 1.00 bits per heavy atom. The highest BCUT2D eigenvalue weighted by molar-refractivity contribution is 5.73. The lowest BCUT2D eigenvalue weighted by molar-refractivity contribution is -0.170. The Bertz CT molecular complexity index is 473. The van der Waals surface area contributed by atoms with E-state index in [1.807, 2.05) is 0 Å². The van der Waals surface area contributed by atoms with E-state index in [4.69, 9.17) is 14.2 Å². The highest BCUT2D eigenvalue weighted by Gasteiger charge is 2.62. The van der Waals surface area contributed by atoms with Crippen LogP contribution in [-0.4, -0.2) is 31.1 Å². The lowest BCUT2D eigenvalue weighted by Gasteiger charge is -2.32. The van der Waals surface area contributed by atoms with Crippen LogP contribution in [0.5, 0.6) is 0 Å². The third-order valence-corrected chi connectivity index (χ3v) is 7.50. The second-order valence-electron chi connectivity index (χ2n) is 8.69. The van der Waals surface area contributed by atoms with E-state index < -0.39 is 0 Å². The van der Waals surface area contributed by atoms with Gasteiger partial charge in [0.25, 0.3) is 0 Å². The molecule has 2 bridgehead atoms. The van der Waals surface area contributed by atoms with E-state index in [1.54, 1.807) is 0 Å². The van der Waals surface area contributed by atoms with E-state index in [-0.39, 0.29) is 18.7 Å². The fraction of sp³-hybridized carbons (Fsp3) is 0.952. The largest absolute Gasteiger partial charge is 0.438 e. The highest BCUT2D eigenvalue weighted by atomic mass is 16.7. The summed E-state index contributed by atoms with van der Waals surface area (Å²) in [5, 5.41) is 0. The average molecular weight is 350 g/mol. The van der Waals surface area contributed by atoms with Gasteiger partial charge in [-0.2, -0.15) is 0 Å². The molecule has 25 heavy (non-hydrogen) atoms. The summed E-state index contributed by atoms with van der Waals surface area (Å²) in [6.07, 6.45) is 11.5. The van der Waals surface area contributed by atoms with Crippen molar-refractivity contribution in [2.45, 2.75) is 89.9 Å². The molecule has 1 saturated heterocycles. The van der Waals surface area contributed by atoms with Crippen LogP contribution in [0.3, 0.4) is 0 Å². The topological polar surface area (TPSA) is 44.8 Å². The van der Waals surface area contributed by atoms with Crippen LogP contribution in [0.1, 0.15) is 71.6 Å². The molecule has 4 heteroatoms. The molecule has 0 N–H and O–H groups in total. The summed E-state index contributed by atoms with van der Waals surface area (Å²) in [5.41, 5.74) is 0. The van der Waals surface area contributed by atoms with Gasteiger partial charge in [0.05, 0.1) is 24.2 Å². The third kappa shape index (κ3) is 3.25. The van der Waals surface area contributed by atoms with Crippen LogP contribution in [0.4, 0.5) is 0 Å². The normalized spacial score (nSPS) is 43.4. The van der Waals surface area contributed by atoms with E-state index in [2.05, 4.69) is 13.8 Å². The molecule has 142 valence electrons. The van der Waals surface area contributed by atoms with Crippen molar-refractivity contribution in [3.05, 3.63) is 0 Å². The summed E-state index contributed by atoms with van der Waals surface area (Å²) in [6.45, 7) is 4.61. The van der Waals surface area contributed by atoms with Gasteiger partial charge >= 0.3 is 5.97 Å². The summed E-state index contributed by atoms with van der Waals surface area (Å²) in [5.74, 6) is 2.45. The molecular weight excluding hydrogens is 316 g/mol. The minimum Gasteiger partial charge on any atom is -0.438 e. The van der Waals surface area contributed by atoms with Crippen molar-refractivity contribution in [1.82, 2.24) is 0 Å². The Hall–Kier alpha value is -0.610. The Labute approximate surface area is 152 Å². The van der Waals surface area contributed by atoms with E-state index in [1.165, 1.54) is 25.7 Å². The van der Waals surface area contributed by atoms with Crippen molar-refractivity contribution >= 4 is 5.97 Å². The molecule has 3 saturated carbocycles. The van der Waals surface area contributed by atoms with Crippen molar-refractivity contribution in [2.75, 3.05) is 6.79 Å². The zero-order valence-electron chi connectivity index (χ0n) is 15.8. The third-order valence-electron chi connectivity index (χ3n) is 7.50. The Morgan fingerprint density at radius 3 is 2.44 bits per heavy atom. The molecule has 0 aromatic heterocycles. The molecular formula is C21H34O4. The maximum Gasteiger partial charge on any atom is 0.311 e. The van der Waals surface area contributed by atoms with Crippen molar-refractivity contribution in [2.24, 2.45) is 29.6 Å². The first kappa shape index (κ1) is 17.8. The summed E-state index contributed by atoms with van der Waals surface area (Å²) in [6, 6.07) is 0. The van der Waals surface area contributed by atoms with Crippen LogP contribution >= 0.6 is 0 Å². The van der Waals surface area contributed by atoms with Gasteiger partial charge in [-0.15, -0.1) is 0 Å². The minimum atomic E-state index is -0.0171. The van der Waals surface area contributed by atoms with Crippen LogP contribution in [0, 0.1) is 29.6 Å². The number of ether oxygens (including phenoxy) is 3. The summed E-state index contributed by atoms with van der Waals surface area (Å²) < 4.78 is 17.7. The highest BCUT2D eigenvalue weighted by Crippen LogP contribution is 2.62. The second-order valence-corrected chi connectivity index (χ2v) is 8.69. The number of carbonyl (C=O) groups excluding carboxylic acids is 1. The summed E-state index contributed by atoms with van der Waals surface area (Å²) in [4.78, 5) is 12.7. The van der Waals surface area contributed by atoms with Crippen molar-refractivity contribution in [1.29, 1.82) is 0 Å². The van der Waals surface area contributed by atoms with Gasteiger partial charge in [0.1, 0.15) is 0 Å². The zero-order chi connectivity index (χ0) is 17.4. The lowest BCUT2D eigenvalue weighted by Crippen LogP contribution is -2.37. The second kappa shape index (κ2) is 7.56. The van der Waals surface area contributed by atoms with Gasteiger partial charge in [-0.25, -0.2) is 0 Å². The molecule has 4 fully saturated rings. The quantitative estimate of drug-likeness (QED) is 0.529. The molecule has 4 nitrogen and oxygen atoms in total. The predicted molar refractivity (Wildman–Crippen MR) is 94.8 cm³/mol. The number of hydrogen-bond donors (Lipinski definition) is 0. The monoisotopic (exact) mass is 350 g/mol. The molecule has 1 heterocycles. The summed E-state index contributed by atoms with van der Waals surface area (Å²) in [7, 11) is 0. The molecule has 1 aliphatic heterocycles. The van der Waals surface area contributed by atoms with Gasteiger partial charge in [0.15, 0.2) is 6.79 Å². The fourth-order valence-electron chi connectivity index (χ4n) is 6.47. The predicted octanol–water partition coefficient (Wildman–Crippen LogP) is 4.31. The van der Waals surface area contributed by atoms with Crippen LogP contribution in [0.15, 0.2) is 0 Å². The maximum absolute atomic E-state index is 12.7. The molecule has 0 radical (unpaired) electrons. The van der Waals surface area contributed by atoms with E-state index in [0.29, 0.717) is 42.0 Å². The van der Waals surface area contributed by atoms with Crippen LogP contribution in [-0.2, 0) is 19.0 Å². The lowest BCUT2D eigenvalue weighted by atomic mass is 9.70. The number of esters is 1. The van der Waals surface area contributed by atoms with Gasteiger partial charge in [0.2, 0.25) is 0 Å². The van der Waals surface area contributed by atoms with E-state index in [0.717, 1.165) is 32.1 Å². The molecule has 4 rings (SSSR count). The minimum absolute atomic E-state index is 0.0171. The maximum atomic E-state index is 12.7. The van der Waals surface area contributed by atoms with Crippen molar-refractivity contribution in [3.8, 4) is 0 Å². The molecule has 0 amide bonds.